The third-order valence-electron chi connectivity index (χ3n) is 3.25. The van der Waals surface area contributed by atoms with Gasteiger partial charge in [-0.3, -0.25) is 9.59 Å². The van der Waals surface area contributed by atoms with E-state index in [1.54, 1.807) is 4.57 Å². The first kappa shape index (κ1) is 18.5. The Bertz CT molecular complexity index is 519. The van der Waals surface area contributed by atoms with Gasteiger partial charge in [0.15, 0.2) is 5.16 Å². The van der Waals surface area contributed by atoms with Crippen LogP contribution < -0.4 is 5.73 Å². The van der Waals surface area contributed by atoms with Crippen LogP contribution in [-0.2, 0) is 23.1 Å². The normalized spacial score (nSPS) is 11.2. The summed E-state index contributed by atoms with van der Waals surface area (Å²) >= 11 is 1.36. The number of amides is 2. The van der Waals surface area contributed by atoms with Gasteiger partial charge < -0.3 is 15.2 Å². The van der Waals surface area contributed by atoms with E-state index in [9.17, 15) is 9.59 Å². The topological polar surface area (TPSA) is 94.1 Å². The first-order valence-corrected chi connectivity index (χ1v) is 8.33. The first-order valence-electron chi connectivity index (χ1n) is 7.34. The van der Waals surface area contributed by atoms with E-state index >= 15 is 0 Å². The van der Waals surface area contributed by atoms with Gasteiger partial charge in [-0.2, -0.15) is 0 Å². The summed E-state index contributed by atoms with van der Waals surface area (Å²) < 4.78 is 1.80. The zero-order valence-corrected chi connectivity index (χ0v) is 14.7. The molecule has 0 aliphatic heterocycles. The zero-order chi connectivity index (χ0) is 16.9. The van der Waals surface area contributed by atoms with Crippen LogP contribution in [0.4, 0.5) is 0 Å². The molecule has 0 aromatic carbocycles. The molecule has 0 radical (unpaired) electrons. The van der Waals surface area contributed by atoms with Crippen LogP contribution in [0.3, 0.4) is 0 Å². The van der Waals surface area contributed by atoms with Crippen molar-refractivity contribution in [3.05, 3.63) is 5.82 Å². The second-order valence-corrected chi connectivity index (χ2v) is 6.64. The molecule has 0 unspecified atom stereocenters. The van der Waals surface area contributed by atoms with Crippen molar-refractivity contribution in [1.82, 2.24) is 19.7 Å². The maximum atomic E-state index is 12.3. The van der Waals surface area contributed by atoms with Gasteiger partial charge in [-0.1, -0.05) is 11.8 Å². The third-order valence-corrected chi connectivity index (χ3v) is 4.25. The summed E-state index contributed by atoms with van der Waals surface area (Å²) in [7, 11) is 1.83. The minimum atomic E-state index is -0.364. The van der Waals surface area contributed by atoms with Crippen LogP contribution >= 0.6 is 11.8 Å². The number of aromatic nitrogens is 3. The van der Waals surface area contributed by atoms with E-state index in [2.05, 4.69) is 10.2 Å². The number of aryl methyl sites for hydroxylation is 1. The molecule has 0 fully saturated rings. The molecule has 22 heavy (non-hydrogen) atoms. The SMILES string of the molecule is CC(C)N(C(=O)CSc1nnc(CCC(N)=O)n1C)C(C)C. The molecule has 7 nitrogen and oxygen atoms in total. The Kier molecular flexibility index (Phi) is 6.86. The first-order chi connectivity index (χ1) is 10.2. The van der Waals surface area contributed by atoms with Gasteiger partial charge in [-0.25, -0.2) is 0 Å². The van der Waals surface area contributed by atoms with Gasteiger partial charge in [0.05, 0.1) is 5.75 Å². The van der Waals surface area contributed by atoms with Crippen molar-refractivity contribution in [2.24, 2.45) is 12.8 Å². The molecule has 0 saturated carbocycles. The Labute approximate surface area is 135 Å². The predicted molar refractivity (Wildman–Crippen MR) is 86.4 cm³/mol. The lowest BCUT2D eigenvalue weighted by Gasteiger charge is -2.30. The highest BCUT2D eigenvalue weighted by Crippen LogP contribution is 2.18. The lowest BCUT2D eigenvalue weighted by Crippen LogP contribution is -2.43. The number of rotatable bonds is 8. The van der Waals surface area contributed by atoms with E-state index in [0.717, 1.165) is 0 Å². The van der Waals surface area contributed by atoms with E-state index in [1.165, 1.54) is 11.8 Å². The smallest absolute Gasteiger partial charge is 0.233 e. The maximum absolute atomic E-state index is 12.3. The minimum Gasteiger partial charge on any atom is -0.370 e. The molecule has 0 aliphatic rings. The van der Waals surface area contributed by atoms with Crippen LogP contribution in [0.2, 0.25) is 0 Å². The fraction of sp³-hybridized carbons (Fsp3) is 0.714. The molecule has 0 aliphatic carbocycles. The lowest BCUT2D eigenvalue weighted by atomic mass is 10.2. The molecule has 1 aromatic heterocycles. The molecule has 0 saturated heterocycles. The summed E-state index contributed by atoms with van der Waals surface area (Å²) in [6.07, 6.45) is 0.696. The van der Waals surface area contributed by atoms with Crippen molar-refractivity contribution >= 4 is 23.6 Å². The van der Waals surface area contributed by atoms with Gasteiger partial charge in [-0.15, -0.1) is 10.2 Å². The number of nitrogens with two attached hydrogens (primary N) is 1. The Morgan fingerprint density at radius 2 is 1.82 bits per heavy atom. The van der Waals surface area contributed by atoms with Gasteiger partial charge in [0.2, 0.25) is 11.8 Å². The zero-order valence-electron chi connectivity index (χ0n) is 13.9. The third kappa shape index (κ3) is 5.01. The van der Waals surface area contributed by atoms with E-state index in [4.69, 9.17) is 5.73 Å². The second kappa shape index (κ2) is 8.17. The summed E-state index contributed by atoms with van der Waals surface area (Å²) in [5, 5.41) is 8.77. The molecular formula is C14H25N5O2S. The second-order valence-electron chi connectivity index (χ2n) is 5.70. The number of hydrogen-bond acceptors (Lipinski definition) is 5. The summed E-state index contributed by atoms with van der Waals surface area (Å²) in [4.78, 5) is 25.0. The molecule has 1 aromatic rings. The molecule has 8 heteroatoms. The monoisotopic (exact) mass is 327 g/mol. The highest BCUT2D eigenvalue weighted by molar-refractivity contribution is 7.99. The molecule has 0 bridgehead atoms. The molecule has 1 rings (SSSR count). The van der Waals surface area contributed by atoms with Crippen LogP contribution in [0.1, 0.15) is 39.9 Å². The minimum absolute atomic E-state index is 0.0803. The molecule has 2 N–H and O–H groups in total. The van der Waals surface area contributed by atoms with Crippen molar-refractivity contribution in [2.45, 2.75) is 57.8 Å². The average molecular weight is 327 g/mol. The summed E-state index contributed by atoms with van der Waals surface area (Å²) in [5.41, 5.74) is 5.13. The van der Waals surface area contributed by atoms with Crippen molar-refractivity contribution in [2.75, 3.05) is 5.75 Å². The van der Waals surface area contributed by atoms with Gasteiger partial charge in [0.25, 0.3) is 0 Å². The maximum Gasteiger partial charge on any atom is 0.233 e. The van der Waals surface area contributed by atoms with E-state index in [-0.39, 0.29) is 30.3 Å². The number of primary amides is 1. The van der Waals surface area contributed by atoms with Gasteiger partial charge in [-0.05, 0) is 27.7 Å². The van der Waals surface area contributed by atoms with Gasteiger partial charge >= 0.3 is 0 Å². The number of carbonyl (C=O) groups is 2. The van der Waals surface area contributed by atoms with Gasteiger partial charge in [0, 0.05) is 32.0 Å². The standard InChI is InChI=1S/C14H25N5O2S/c1-9(2)19(10(3)4)13(21)8-22-14-17-16-12(18(14)5)7-6-11(15)20/h9-10H,6-8H2,1-5H3,(H2,15,20). The largest absolute Gasteiger partial charge is 0.370 e. The predicted octanol–water partition coefficient (Wildman–Crippen LogP) is 0.971. The Morgan fingerprint density at radius 3 is 2.32 bits per heavy atom. The molecule has 0 spiro atoms. The summed E-state index contributed by atoms with van der Waals surface area (Å²) in [6, 6.07) is 0.331. The number of hydrogen-bond donors (Lipinski definition) is 1. The van der Waals surface area contributed by atoms with Crippen LogP contribution in [-0.4, -0.2) is 49.3 Å². The Hall–Kier alpha value is -1.57. The fourth-order valence-electron chi connectivity index (χ4n) is 2.30. The van der Waals surface area contributed by atoms with Crippen LogP contribution in [0.5, 0.6) is 0 Å². The molecule has 124 valence electrons. The summed E-state index contributed by atoms with van der Waals surface area (Å²) in [6.45, 7) is 8.03. The average Bonchev–Trinajstić information content (AvgIpc) is 2.74. The Balaban J connectivity index is 2.65. The van der Waals surface area contributed by atoms with E-state index < -0.39 is 0 Å². The number of thioether (sulfide) groups is 1. The van der Waals surface area contributed by atoms with E-state index in [1.807, 2.05) is 39.6 Å². The molecule has 1 heterocycles. The molecule has 0 atom stereocenters. The number of carbonyl (C=O) groups excluding carboxylic acids is 2. The van der Waals surface area contributed by atoms with E-state index in [0.29, 0.717) is 23.2 Å². The quantitative estimate of drug-likeness (QED) is 0.718. The summed E-state index contributed by atoms with van der Waals surface area (Å²) in [5.74, 6) is 0.727. The van der Waals surface area contributed by atoms with Crippen molar-refractivity contribution in [1.29, 1.82) is 0 Å². The number of nitrogens with zero attached hydrogens (tertiary/aromatic N) is 4. The molecule has 2 amide bonds. The van der Waals surface area contributed by atoms with Gasteiger partial charge in [0.1, 0.15) is 5.82 Å². The highest BCUT2D eigenvalue weighted by atomic mass is 32.2. The van der Waals surface area contributed by atoms with Crippen molar-refractivity contribution < 1.29 is 9.59 Å². The lowest BCUT2D eigenvalue weighted by molar-refractivity contribution is -0.131. The van der Waals surface area contributed by atoms with Crippen LogP contribution in [0, 0.1) is 0 Å². The molecular weight excluding hydrogens is 302 g/mol. The van der Waals surface area contributed by atoms with Crippen molar-refractivity contribution in [3.8, 4) is 0 Å². The van der Waals surface area contributed by atoms with Crippen molar-refractivity contribution in [3.63, 3.8) is 0 Å². The van der Waals surface area contributed by atoms with Crippen LogP contribution in [0.15, 0.2) is 5.16 Å². The Morgan fingerprint density at radius 1 is 1.23 bits per heavy atom. The highest BCUT2D eigenvalue weighted by Gasteiger charge is 2.21. The van der Waals surface area contributed by atoms with Crippen LogP contribution in [0.25, 0.3) is 0 Å². The fourth-order valence-corrected chi connectivity index (χ4v) is 3.10.